The predicted octanol–water partition coefficient (Wildman–Crippen LogP) is 3.10. The number of aryl methyl sites for hydroxylation is 1. The molecule has 1 aliphatic rings. The topological polar surface area (TPSA) is 57.6 Å². The average molecular weight is 354 g/mol. The van der Waals surface area contributed by atoms with Crippen LogP contribution in [0.4, 0.5) is 0 Å². The molecular weight excluding hydrogens is 334 g/mol. The Morgan fingerprint density at radius 1 is 1.19 bits per heavy atom. The summed E-state index contributed by atoms with van der Waals surface area (Å²) in [7, 11) is 0. The maximum absolute atomic E-state index is 12.2. The number of halogens is 1. The highest BCUT2D eigenvalue weighted by Gasteiger charge is 2.23. The Morgan fingerprint density at radius 3 is 2.38 bits per heavy atom. The summed E-state index contributed by atoms with van der Waals surface area (Å²) in [4.78, 5) is 24.7. The minimum atomic E-state index is -0.741. The molecule has 1 N–H and O–H groups in total. The fourth-order valence-electron chi connectivity index (χ4n) is 2.69. The lowest BCUT2D eigenvalue weighted by Crippen LogP contribution is -2.39. The summed E-state index contributed by atoms with van der Waals surface area (Å²) in [5, 5.41) is 8.79. The number of hydrogen-bond donors (Lipinski definition) is 1. The van der Waals surface area contributed by atoms with E-state index in [9.17, 15) is 9.59 Å². The Kier molecular flexibility index (Phi) is 5.79. The number of benzene rings is 1. The average Bonchev–Trinajstić information content (AvgIpc) is 2.46. The standard InChI is InChI=1S/C16H20BrNO3/c17-14-4-1-12(2-5-14)3-6-15(19)18-9-7-13(8-10-18)11-16(20)21/h1-2,4-5,13H,3,6-11H2,(H,20,21). The molecule has 1 saturated heterocycles. The van der Waals surface area contributed by atoms with Crippen LogP contribution in [-0.4, -0.2) is 35.0 Å². The first kappa shape index (κ1) is 16.0. The summed E-state index contributed by atoms with van der Waals surface area (Å²) in [6.07, 6.45) is 3.10. The largest absolute Gasteiger partial charge is 0.481 e. The van der Waals surface area contributed by atoms with Gasteiger partial charge in [0.2, 0.25) is 5.91 Å². The van der Waals surface area contributed by atoms with Gasteiger partial charge < -0.3 is 10.0 Å². The number of aliphatic carboxylic acids is 1. The van der Waals surface area contributed by atoms with Crippen LogP contribution in [0.25, 0.3) is 0 Å². The zero-order chi connectivity index (χ0) is 15.2. The number of likely N-dealkylation sites (tertiary alicyclic amines) is 1. The molecule has 1 aromatic carbocycles. The number of carbonyl (C=O) groups excluding carboxylic acids is 1. The van der Waals surface area contributed by atoms with Gasteiger partial charge in [-0.15, -0.1) is 0 Å². The molecule has 1 fully saturated rings. The zero-order valence-corrected chi connectivity index (χ0v) is 13.5. The monoisotopic (exact) mass is 353 g/mol. The van der Waals surface area contributed by atoms with E-state index >= 15 is 0 Å². The molecule has 0 spiro atoms. The molecule has 4 nitrogen and oxygen atoms in total. The molecule has 1 heterocycles. The SMILES string of the molecule is O=C(O)CC1CCN(C(=O)CCc2ccc(Br)cc2)CC1. The lowest BCUT2D eigenvalue weighted by atomic mass is 9.93. The van der Waals surface area contributed by atoms with Gasteiger partial charge in [0.1, 0.15) is 0 Å². The molecule has 21 heavy (non-hydrogen) atoms. The van der Waals surface area contributed by atoms with Gasteiger partial charge in [-0.3, -0.25) is 9.59 Å². The number of rotatable bonds is 5. The van der Waals surface area contributed by atoms with Crippen LogP contribution in [0.2, 0.25) is 0 Å². The third-order valence-corrected chi connectivity index (χ3v) is 4.50. The van der Waals surface area contributed by atoms with Crippen molar-refractivity contribution in [1.29, 1.82) is 0 Å². The molecule has 0 atom stereocenters. The maximum Gasteiger partial charge on any atom is 0.303 e. The van der Waals surface area contributed by atoms with Crippen LogP contribution in [0.5, 0.6) is 0 Å². The molecule has 1 aromatic rings. The molecule has 0 aromatic heterocycles. The first-order chi connectivity index (χ1) is 10.0. The number of carboxylic acids is 1. The number of piperidine rings is 1. The van der Waals surface area contributed by atoms with Gasteiger partial charge in [-0.1, -0.05) is 28.1 Å². The Hall–Kier alpha value is -1.36. The summed E-state index contributed by atoms with van der Waals surface area (Å²) in [5.74, 6) is -0.347. The van der Waals surface area contributed by atoms with Crippen LogP contribution in [0.3, 0.4) is 0 Å². The van der Waals surface area contributed by atoms with Gasteiger partial charge in [-0.05, 0) is 42.9 Å². The smallest absolute Gasteiger partial charge is 0.303 e. The van der Waals surface area contributed by atoms with Crippen molar-refractivity contribution in [3.63, 3.8) is 0 Å². The van der Waals surface area contributed by atoms with Crippen LogP contribution >= 0.6 is 15.9 Å². The van der Waals surface area contributed by atoms with E-state index in [1.807, 2.05) is 29.2 Å². The lowest BCUT2D eigenvalue weighted by Gasteiger charge is -2.31. The van der Waals surface area contributed by atoms with E-state index in [0.29, 0.717) is 19.5 Å². The summed E-state index contributed by atoms with van der Waals surface area (Å²) in [5.41, 5.74) is 1.16. The highest BCUT2D eigenvalue weighted by molar-refractivity contribution is 9.10. The summed E-state index contributed by atoms with van der Waals surface area (Å²) >= 11 is 3.39. The molecule has 0 radical (unpaired) electrons. The van der Waals surface area contributed by atoms with E-state index < -0.39 is 5.97 Å². The molecule has 0 bridgehead atoms. The molecule has 0 saturated carbocycles. The van der Waals surface area contributed by atoms with Crippen LogP contribution in [0.15, 0.2) is 28.7 Å². The minimum Gasteiger partial charge on any atom is -0.481 e. The third-order valence-electron chi connectivity index (χ3n) is 3.97. The van der Waals surface area contributed by atoms with Gasteiger partial charge in [-0.25, -0.2) is 0 Å². The molecule has 114 valence electrons. The molecule has 5 heteroatoms. The first-order valence-corrected chi connectivity index (χ1v) is 8.08. The second-order valence-electron chi connectivity index (χ2n) is 5.55. The predicted molar refractivity (Wildman–Crippen MR) is 84.0 cm³/mol. The van der Waals surface area contributed by atoms with E-state index in [1.54, 1.807) is 0 Å². The minimum absolute atomic E-state index is 0.173. The van der Waals surface area contributed by atoms with Gasteiger partial charge in [0.15, 0.2) is 0 Å². The van der Waals surface area contributed by atoms with Crippen LogP contribution in [0.1, 0.15) is 31.2 Å². The first-order valence-electron chi connectivity index (χ1n) is 7.28. The summed E-state index contributed by atoms with van der Waals surface area (Å²) in [6.45, 7) is 1.38. The highest BCUT2D eigenvalue weighted by atomic mass is 79.9. The van der Waals surface area contributed by atoms with E-state index in [4.69, 9.17) is 5.11 Å². The van der Waals surface area contributed by atoms with Crippen molar-refractivity contribution in [1.82, 2.24) is 4.90 Å². The number of carbonyl (C=O) groups is 2. The quantitative estimate of drug-likeness (QED) is 0.884. The maximum atomic E-state index is 12.2. The van der Waals surface area contributed by atoms with Crippen molar-refractivity contribution in [2.24, 2.45) is 5.92 Å². The fraction of sp³-hybridized carbons (Fsp3) is 0.500. The summed E-state index contributed by atoms with van der Waals surface area (Å²) in [6, 6.07) is 8.02. The molecule has 0 aliphatic carbocycles. The third kappa shape index (κ3) is 5.16. The van der Waals surface area contributed by atoms with Crippen molar-refractivity contribution in [3.05, 3.63) is 34.3 Å². The van der Waals surface area contributed by atoms with Crippen molar-refractivity contribution in [2.75, 3.05) is 13.1 Å². The van der Waals surface area contributed by atoms with Crippen molar-refractivity contribution < 1.29 is 14.7 Å². The van der Waals surface area contributed by atoms with E-state index in [0.717, 1.165) is 29.3 Å². The number of carboxylic acid groups (broad SMARTS) is 1. The van der Waals surface area contributed by atoms with E-state index in [2.05, 4.69) is 15.9 Å². The summed E-state index contributed by atoms with van der Waals surface area (Å²) < 4.78 is 1.04. The zero-order valence-electron chi connectivity index (χ0n) is 11.9. The van der Waals surface area contributed by atoms with Crippen molar-refractivity contribution >= 4 is 27.8 Å². The molecule has 0 unspecified atom stereocenters. The molecule has 1 amide bonds. The normalized spacial score (nSPS) is 16.0. The Morgan fingerprint density at radius 2 is 1.81 bits per heavy atom. The van der Waals surface area contributed by atoms with Gasteiger partial charge in [0.05, 0.1) is 0 Å². The van der Waals surface area contributed by atoms with E-state index in [-0.39, 0.29) is 18.2 Å². The Balaban J connectivity index is 1.74. The Labute approximate surface area is 133 Å². The number of amides is 1. The van der Waals surface area contributed by atoms with Crippen LogP contribution in [0, 0.1) is 5.92 Å². The van der Waals surface area contributed by atoms with E-state index in [1.165, 1.54) is 0 Å². The van der Waals surface area contributed by atoms with Gasteiger partial charge >= 0.3 is 5.97 Å². The van der Waals surface area contributed by atoms with Gasteiger partial charge in [-0.2, -0.15) is 0 Å². The van der Waals surface area contributed by atoms with Crippen molar-refractivity contribution in [2.45, 2.75) is 32.1 Å². The lowest BCUT2D eigenvalue weighted by molar-refractivity contribution is -0.138. The van der Waals surface area contributed by atoms with Crippen molar-refractivity contribution in [3.8, 4) is 0 Å². The Bertz CT molecular complexity index is 493. The van der Waals surface area contributed by atoms with Gasteiger partial charge in [0.25, 0.3) is 0 Å². The van der Waals surface area contributed by atoms with Crippen LogP contribution < -0.4 is 0 Å². The van der Waals surface area contributed by atoms with Crippen LogP contribution in [-0.2, 0) is 16.0 Å². The highest BCUT2D eigenvalue weighted by Crippen LogP contribution is 2.21. The second-order valence-corrected chi connectivity index (χ2v) is 6.46. The fourth-order valence-corrected chi connectivity index (χ4v) is 2.96. The number of nitrogens with zero attached hydrogens (tertiary/aromatic N) is 1. The molecule has 1 aliphatic heterocycles. The van der Waals surface area contributed by atoms with Gasteiger partial charge in [0, 0.05) is 30.4 Å². The molecular formula is C16H20BrNO3. The second kappa shape index (κ2) is 7.59. The molecule has 2 rings (SSSR count). The number of hydrogen-bond acceptors (Lipinski definition) is 2.